The fourth-order valence-electron chi connectivity index (χ4n) is 2.62. The van der Waals surface area contributed by atoms with Gasteiger partial charge in [-0.25, -0.2) is 0 Å². The van der Waals surface area contributed by atoms with Gasteiger partial charge in [-0.2, -0.15) is 4.98 Å². The van der Waals surface area contributed by atoms with Gasteiger partial charge in [-0.1, -0.05) is 28.9 Å². The van der Waals surface area contributed by atoms with Crippen LogP contribution < -0.4 is 0 Å². The summed E-state index contributed by atoms with van der Waals surface area (Å²) in [6.45, 7) is 4.68. The topological polar surface area (TPSA) is 68.5 Å². The number of amides is 1. The summed E-state index contributed by atoms with van der Waals surface area (Å²) in [5, 5.41) is 4.02. The number of aromatic nitrogens is 2. The van der Waals surface area contributed by atoms with E-state index in [1.54, 1.807) is 0 Å². The van der Waals surface area contributed by atoms with Crippen molar-refractivity contribution in [1.82, 2.24) is 15.0 Å². The molecule has 6 heteroatoms. The first kappa shape index (κ1) is 15.7. The molecule has 2 heterocycles. The maximum atomic E-state index is 12.1. The van der Waals surface area contributed by atoms with Crippen LogP contribution in [0.5, 0.6) is 0 Å². The molecule has 0 radical (unpaired) electrons. The van der Waals surface area contributed by atoms with Crippen LogP contribution in [0.1, 0.15) is 24.3 Å². The monoisotopic (exact) mass is 315 g/mol. The normalized spacial score (nSPS) is 14.9. The number of ether oxygens (including phenoxy) is 1. The summed E-state index contributed by atoms with van der Waals surface area (Å²) in [5.41, 5.74) is 2.11. The smallest absolute Gasteiger partial charge is 0.226 e. The SMILES string of the molecule is Cc1cccc(-c2noc(CCCC(=O)N3CCOCC3)n2)c1. The van der Waals surface area contributed by atoms with Gasteiger partial charge >= 0.3 is 0 Å². The molecule has 2 aromatic rings. The highest BCUT2D eigenvalue weighted by molar-refractivity contribution is 5.76. The molecule has 6 nitrogen and oxygen atoms in total. The van der Waals surface area contributed by atoms with E-state index in [0.717, 1.165) is 11.1 Å². The Labute approximate surface area is 135 Å². The molecular weight excluding hydrogens is 294 g/mol. The summed E-state index contributed by atoms with van der Waals surface area (Å²) in [7, 11) is 0. The molecule has 0 N–H and O–H groups in total. The fourth-order valence-corrected chi connectivity index (χ4v) is 2.62. The highest BCUT2D eigenvalue weighted by Gasteiger charge is 2.17. The van der Waals surface area contributed by atoms with E-state index in [-0.39, 0.29) is 5.91 Å². The largest absolute Gasteiger partial charge is 0.378 e. The van der Waals surface area contributed by atoms with E-state index in [2.05, 4.69) is 10.1 Å². The molecule has 1 amide bonds. The first-order valence-corrected chi connectivity index (χ1v) is 7.97. The maximum absolute atomic E-state index is 12.1. The Morgan fingerprint density at radius 3 is 2.91 bits per heavy atom. The van der Waals surface area contributed by atoms with Gasteiger partial charge in [-0.15, -0.1) is 0 Å². The lowest BCUT2D eigenvalue weighted by atomic mass is 10.1. The van der Waals surface area contributed by atoms with Crippen molar-refractivity contribution in [2.45, 2.75) is 26.2 Å². The second-order valence-electron chi connectivity index (χ2n) is 5.73. The molecule has 0 unspecified atom stereocenters. The van der Waals surface area contributed by atoms with Crippen LogP contribution in [0.3, 0.4) is 0 Å². The third-order valence-corrected chi connectivity index (χ3v) is 3.89. The zero-order valence-corrected chi connectivity index (χ0v) is 13.3. The number of morpholine rings is 1. The summed E-state index contributed by atoms with van der Waals surface area (Å²) in [5.74, 6) is 1.35. The number of carbonyl (C=O) groups is 1. The van der Waals surface area contributed by atoms with E-state index in [0.29, 0.717) is 57.3 Å². The van der Waals surface area contributed by atoms with Gasteiger partial charge < -0.3 is 14.2 Å². The van der Waals surface area contributed by atoms with Gasteiger partial charge in [0.1, 0.15) is 0 Å². The molecule has 3 rings (SSSR count). The molecule has 1 aromatic carbocycles. The van der Waals surface area contributed by atoms with Gasteiger partial charge in [0.05, 0.1) is 13.2 Å². The molecule has 23 heavy (non-hydrogen) atoms. The van der Waals surface area contributed by atoms with Crippen LogP contribution >= 0.6 is 0 Å². The van der Waals surface area contributed by atoms with Gasteiger partial charge in [0, 0.05) is 31.5 Å². The van der Waals surface area contributed by atoms with E-state index in [4.69, 9.17) is 9.26 Å². The average molecular weight is 315 g/mol. The van der Waals surface area contributed by atoms with E-state index in [9.17, 15) is 4.79 Å². The van der Waals surface area contributed by atoms with Gasteiger partial charge in [-0.3, -0.25) is 4.79 Å². The molecule has 1 aliphatic heterocycles. The number of nitrogens with zero attached hydrogens (tertiary/aromatic N) is 3. The highest BCUT2D eigenvalue weighted by atomic mass is 16.5. The number of carbonyl (C=O) groups excluding carboxylic acids is 1. The molecule has 1 aliphatic rings. The predicted octanol–water partition coefficient (Wildman–Crippen LogP) is 2.23. The summed E-state index contributed by atoms with van der Waals surface area (Å²) >= 11 is 0. The van der Waals surface area contributed by atoms with Gasteiger partial charge in [0.2, 0.25) is 17.6 Å². The van der Waals surface area contributed by atoms with Crippen molar-refractivity contribution in [3.05, 3.63) is 35.7 Å². The predicted molar refractivity (Wildman–Crippen MR) is 84.8 cm³/mol. The molecule has 1 aromatic heterocycles. The van der Waals surface area contributed by atoms with Crippen LogP contribution in [0.4, 0.5) is 0 Å². The zero-order valence-electron chi connectivity index (χ0n) is 13.3. The molecule has 0 saturated carbocycles. The summed E-state index contributed by atoms with van der Waals surface area (Å²) in [6, 6.07) is 7.99. The lowest BCUT2D eigenvalue weighted by molar-refractivity contribution is -0.135. The van der Waals surface area contributed by atoms with Crippen molar-refractivity contribution in [2.75, 3.05) is 26.3 Å². The second-order valence-corrected chi connectivity index (χ2v) is 5.73. The second kappa shape index (κ2) is 7.37. The molecule has 0 spiro atoms. The van der Waals surface area contributed by atoms with Crippen LogP contribution in [0.15, 0.2) is 28.8 Å². The fraction of sp³-hybridized carbons (Fsp3) is 0.471. The minimum absolute atomic E-state index is 0.173. The Kier molecular flexibility index (Phi) is 5.02. The number of hydrogen-bond acceptors (Lipinski definition) is 5. The van der Waals surface area contributed by atoms with Crippen LogP contribution in [-0.2, 0) is 16.0 Å². The average Bonchev–Trinajstić information content (AvgIpc) is 3.04. The number of aryl methyl sites for hydroxylation is 2. The summed E-state index contributed by atoms with van der Waals surface area (Å²) in [4.78, 5) is 18.3. The first-order chi connectivity index (χ1) is 11.2. The minimum atomic E-state index is 0.173. The lowest BCUT2D eigenvalue weighted by Crippen LogP contribution is -2.40. The zero-order chi connectivity index (χ0) is 16.1. The Morgan fingerprint density at radius 2 is 2.13 bits per heavy atom. The van der Waals surface area contributed by atoms with Crippen LogP contribution in [-0.4, -0.2) is 47.3 Å². The van der Waals surface area contributed by atoms with Crippen LogP contribution in [0.2, 0.25) is 0 Å². The summed E-state index contributed by atoms with van der Waals surface area (Å²) < 4.78 is 10.5. The molecule has 122 valence electrons. The quantitative estimate of drug-likeness (QED) is 0.846. The lowest BCUT2D eigenvalue weighted by Gasteiger charge is -2.26. The maximum Gasteiger partial charge on any atom is 0.226 e. The molecule has 0 bridgehead atoms. The third kappa shape index (κ3) is 4.16. The Bertz CT molecular complexity index is 663. The van der Waals surface area contributed by atoms with E-state index >= 15 is 0 Å². The Hall–Kier alpha value is -2.21. The molecular formula is C17H21N3O3. The standard InChI is InChI=1S/C17H21N3O3/c1-13-4-2-5-14(12-13)17-18-15(23-19-17)6-3-7-16(21)20-8-10-22-11-9-20/h2,4-5,12H,3,6-11H2,1H3. The number of benzene rings is 1. The summed E-state index contributed by atoms with van der Waals surface area (Å²) in [6.07, 6.45) is 1.84. The number of hydrogen-bond donors (Lipinski definition) is 0. The molecule has 1 fully saturated rings. The van der Waals surface area contributed by atoms with Crippen molar-refractivity contribution in [1.29, 1.82) is 0 Å². The van der Waals surface area contributed by atoms with Crippen molar-refractivity contribution >= 4 is 5.91 Å². The molecule has 0 aliphatic carbocycles. The highest BCUT2D eigenvalue weighted by Crippen LogP contribution is 2.17. The molecule has 1 saturated heterocycles. The number of rotatable bonds is 5. The van der Waals surface area contributed by atoms with Crippen molar-refractivity contribution < 1.29 is 14.1 Å². The van der Waals surface area contributed by atoms with Gasteiger partial charge in [-0.05, 0) is 19.4 Å². The molecule has 0 atom stereocenters. The van der Waals surface area contributed by atoms with Crippen molar-refractivity contribution in [3.63, 3.8) is 0 Å². The van der Waals surface area contributed by atoms with Crippen LogP contribution in [0.25, 0.3) is 11.4 Å². The minimum Gasteiger partial charge on any atom is -0.378 e. The van der Waals surface area contributed by atoms with E-state index < -0.39 is 0 Å². The van der Waals surface area contributed by atoms with E-state index in [1.807, 2.05) is 36.1 Å². The van der Waals surface area contributed by atoms with Crippen molar-refractivity contribution in [2.24, 2.45) is 0 Å². The Morgan fingerprint density at radius 1 is 1.30 bits per heavy atom. The Balaban J connectivity index is 1.50. The van der Waals surface area contributed by atoms with E-state index in [1.165, 1.54) is 0 Å². The van der Waals surface area contributed by atoms with Gasteiger partial charge in [0.25, 0.3) is 0 Å². The van der Waals surface area contributed by atoms with Crippen LogP contribution in [0, 0.1) is 6.92 Å². The third-order valence-electron chi connectivity index (χ3n) is 3.89. The van der Waals surface area contributed by atoms with Crippen molar-refractivity contribution in [3.8, 4) is 11.4 Å². The first-order valence-electron chi connectivity index (χ1n) is 7.97. The van der Waals surface area contributed by atoms with Gasteiger partial charge in [0.15, 0.2) is 0 Å².